The summed E-state index contributed by atoms with van der Waals surface area (Å²) in [6.07, 6.45) is 0.904. The number of sulfonamides is 1. The molecule has 10 heteroatoms. The summed E-state index contributed by atoms with van der Waals surface area (Å²) in [7, 11) is -7.45. The van der Waals surface area contributed by atoms with Gasteiger partial charge in [0.15, 0.2) is 15.7 Å². The van der Waals surface area contributed by atoms with Crippen molar-refractivity contribution in [2.24, 2.45) is 0 Å². The minimum absolute atomic E-state index is 0.0532. The zero-order valence-electron chi connectivity index (χ0n) is 10.8. The summed E-state index contributed by atoms with van der Waals surface area (Å²) in [5.74, 6) is -0.914. The van der Waals surface area contributed by atoms with Crippen molar-refractivity contribution in [2.45, 2.75) is 23.0 Å². The number of hydrogen-bond acceptors (Lipinski definition) is 5. The maximum Gasteiger partial charge on any atom is 0.243 e. The van der Waals surface area contributed by atoms with Gasteiger partial charge in [0, 0.05) is 12.2 Å². The monoisotopic (exact) mass is 400 g/mol. The van der Waals surface area contributed by atoms with Gasteiger partial charge >= 0.3 is 0 Å². The number of nitrogens with one attached hydrogen (secondary N) is 1. The van der Waals surface area contributed by atoms with Crippen LogP contribution in [0.25, 0.3) is 0 Å². The van der Waals surface area contributed by atoms with Crippen LogP contribution in [0.5, 0.6) is 0 Å². The molecule has 1 heterocycles. The molecular formula is C11H14BrFN2O4S2. The summed E-state index contributed by atoms with van der Waals surface area (Å²) in [5.41, 5.74) is 5.58. The van der Waals surface area contributed by atoms with Crippen LogP contribution in [0.2, 0.25) is 0 Å². The molecule has 6 nitrogen and oxygen atoms in total. The number of nitrogens with two attached hydrogens (primary N) is 1. The average molecular weight is 401 g/mol. The lowest BCUT2D eigenvalue weighted by Crippen LogP contribution is -2.35. The standard InChI is InChI=1S/C11H14BrFN2O4S2/c12-9-4-7(14)5-10(11(9)13)21(18,19)15-6-8-2-1-3-20(8,16)17/h4-5,8,15H,1-3,6,14H2. The number of sulfone groups is 1. The molecule has 1 aliphatic heterocycles. The van der Waals surface area contributed by atoms with E-state index in [1.165, 1.54) is 6.07 Å². The van der Waals surface area contributed by atoms with Crippen molar-refractivity contribution in [1.29, 1.82) is 0 Å². The quantitative estimate of drug-likeness (QED) is 0.733. The highest BCUT2D eigenvalue weighted by Gasteiger charge is 2.33. The number of benzene rings is 1. The van der Waals surface area contributed by atoms with Crippen LogP contribution in [0.4, 0.5) is 10.1 Å². The van der Waals surface area contributed by atoms with Crippen molar-refractivity contribution in [3.05, 3.63) is 22.4 Å². The van der Waals surface area contributed by atoms with Gasteiger partial charge in [-0.25, -0.2) is 25.9 Å². The van der Waals surface area contributed by atoms with E-state index in [9.17, 15) is 21.2 Å². The molecule has 0 saturated carbocycles. The first-order chi connectivity index (χ1) is 9.63. The minimum atomic E-state index is -4.17. The molecule has 2 rings (SSSR count). The van der Waals surface area contributed by atoms with Gasteiger partial charge in [-0.2, -0.15) is 0 Å². The van der Waals surface area contributed by atoms with Crippen LogP contribution in [0, 0.1) is 5.82 Å². The van der Waals surface area contributed by atoms with Gasteiger partial charge in [0.1, 0.15) is 4.90 Å². The fraction of sp³-hybridized carbons (Fsp3) is 0.455. The summed E-state index contributed by atoms with van der Waals surface area (Å²) in [5, 5.41) is -0.764. The Morgan fingerprint density at radius 2 is 2.10 bits per heavy atom. The molecule has 0 spiro atoms. The van der Waals surface area contributed by atoms with Crippen molar-refractivity contribution in [3.63, 3.8) is 0 Å². The predicted molar refractivity (Wildman–Crippen MR) is 80.5 cm³/mol. The van der Waals surface area contributed by atoms with Crippen LogP contribution < -0.4 is 10.5 Å². The van der Waals surface area contributed by atoms with E-state index in [0.717, 1.165) is 6.07 Å². The third-order valence-corrected chi connectivity index (χ3v) is 7.55. The van der Waals surface area contributed by atoms with Crippen LogP contribution in [-0.4, -0.2) is 34.4 Å². The topological polar surface area (TPSA) is 106 Å². The zero-order valence-corrected chi connectivity index (χ0v) is 14.1. The molecule has 1 aromatic carbocycles. The van der Waals surface area contributed by atoms with E-state index >= 15 is 0 Å². The van der Waals surface area contributed by atoms with Crippen molar-refractivity contribution < 1.29 is 21.2 Å². The number of hydrogen-bond donors (Lipinski definition) is 2. The van der Waals surface area contributed by atoms with E-state index in [1.807, 2.05) is 0 Å². The molecule has 0 bridgehead atoms. The van der Waals surface area contributed by atoms with E-state index < -0.39 is 35.8 Å². The lowest BCUT2D eigenvalue weighted by atomic mass is 10.2. The molecular weight excluding hydrogens is 387 g/mol. The molecule has 0 radical (unpaired) electrons. The number of rotatable bonds is 4. The number of halogens is 2. The van der Waals surface area contributed by atoms with Crippen molar-refractivity contribution in [2.75, 3.05) is 18.0 Å². The molecule has 1 aliphatic rings. The summed E-state index contributed by atoms with van der Waals surface area (Å²) < 4.78 is 63.5. The van der Waals surface area contributed by atoms with E-state index in [0.29, 0.717) is 12.8 Å². The Hall–Kier alpha value is -0.710. The second-order valence-electron chi connectivity index (χ2n) is 4.80. The van der Waals surface area contributed by atoms with E-state index in [2.05, 4.69) is 20.7 Å². The van der Waals surface area contributed by atoms with E-state index in [1.54, 1.807) is 0 Å². The molecule has 1 fully saturated rings. The van der Waals surface area contributed by atoms with Crippen LogP contribution in [0.1, 0.15) is 12.8 Å². The molecule has 0 aliphatic carbocycles. The molecule has 3 N–H and O–H groups in total. The Balaban J connectivity index is 2.24. The second kappa shape index (κ2) is 5.82. The first-order valence-corrected chi connectivity index (χ1v) is 10.1. The minimum Gasteiger partial charge on any atom is -0.399 e. The van der Waals surface area contributed by atoms with Crippen molar-refractivity contribution in [1.82, 2.24) is 4.72 Å². The Morgan fingerprint density at radius 1 is 1.43 bits per heavy atom. The summed E-state index contributed by atoms with van der Waals surface area (Å²) in [6, 6.07) is 2.24. The largest absolute Gasteiger partial charge is 0.399 e. The maximum atomic E-state index is 13.9. The Bertz CT molecular complexity index is 765. The van der Waals surface area contributed by atoms with Gasteiger partial charge in [-0.05, 0) is 40.9 Å². The highest BCUT2D eigenvalue weighted by Crippen LogP contribution is 2.26. The lowest BCUT2D eigenvalue weighted by Gasteiger charge is -2.12. The Kier molecular flexibility index (Phi) is 4.62. The van der Waals surface area contributed by atoms with Gasteiger partial charge in [-0.1, -0.05) is 0 Å². The average Bonchev–Trinajstić information content (AvgIpc) is 2.70. The lowest BCUT2D eigenvalue weighted by molar-refractivity contribution is 0.551. The van der Waals surface area contributed by atoms with Gasteiger partial charge in [0.2, 0.25) is 10.0 Å². The molecule has 0 aromatic heterocycles. The van der Waals surface area contributed by atoms with E-state index in [4.69, 9.17) is 5.73 Å². The van der Waals surface area contributed by atoms with Crippen LogP contribution in [0.3, 0.4) is 0 Å². The zero-order chi connectivity index (χ0) is 15.8. The van der Waals surface area contributed by atoms with Gasteiger partial charge in [-0.3, -0.25) is 0 Å². The highest BCUT2D eigenvalue weighted by molar-refractivity contribution is 9.10. The first-order valence-electron chi connectivity index (χ1n) is 6.09. The molecule has 1 unspecified atom stereocenters. The van der Waals surface area contributed by atoms with Gasteiger partial charge in [0.25, 0.3) is 0 Å². The Morgan fingerprint density at radius 3 is 2.67 bits per heavy atom. The fourth-order valence-electron chi connectivity index (χ4n) is 2.15. The summed E-state index contributed by atoms with van der Waals surface area (Å²) in [4.78, 5) is -0.607. The highest BCUT2D eigenvalue weighted by atomic mass is 79.9. The number of anilines is 1. The van der Waals surface area contributed by atoms with Crippen LogP contribution in [-0.2, 0) is 19.9 Å². The van der Waals surface area contributed by atoms with Crippen molar-refractivity contribution in [3.8, 4) is 0 Å². The molecule has 118 valence electrons. The molecule has 0 amide bonds. The fourth-order valence-corrected chi connectivity index (χ4v) is 5.84. The van der Waals surface area contributed by atoms with Crippen LogP contribution in [0.15, 0.2) is 21.5 Å². The maximum absolute atomic E-state index is 13.9. The normalized spacial score (nSPS) is 21.5. The molecule has 21 heavy (non-hydrogen) atoms. The summed E-state index contributed by atoms with van der Waals surface area (Å²) in [6.45, 7) is -0.267. The molecule has 1 atom stereocenters. The van der Waals surface area contributed by atoms with E-state index in [-0.39, 0.29) is 22.5 Å². The predicted octanol–water partition coefficient (Wildman–Crippen LogP) is 1.03. The summed E-state index contributed by atoms with van der Waals surface area (Å²) >= 11 is 2.88. The SMILES string of the molecule is Nc1cc(Br)c(F)c(S(=O)(=O)NCC2CCCS2(=O)=O)c1. The van der Waals surface area contributed by atoms with Gasteiger partial charge < -0.3 is 5.73 Å². The number of nitrogen functional groups attached to an aromatic ring is 1. The third-order valence-electron chi connectivity index (χ3n) is 3.27. The molecule has 1 aromatic rings. The van der Waals surface area contributed by atoms with Crippen LogP contribution >= 0.6 is 15.9 Å². The Labute approximate surface area is 131 Å². The molecule has 1 saturated heterocycles. The van der Waals surface area contributed by atoms with Crippen molar-refractivity contribution >= 4 is 41.5 Å². The van der Waals surface area contributed by atoms with Gasteiger partial charge in [-0.15, -0.1) is 0 Å². The van der Waals surface area contributed by atoms with Gasteiger partial charge in [0.05, 0.1) is 15.5 Å². The third kappa shape index (κ3) is 3.55. The first kappa shape index (κ1) is 16.7. The second-order valence-corrected chi connectivity index (χ2v) is 9.79. The smallest absolute Gasteiger partial charge is 0.243 e.